The monoisotopic (exact) mass is 321 g/mol. The molecule has 0 aliphatic carbocycles. The summed E-state index contributed by atoms with van der Waals surface area (Å²) in [6.07, 6.45) is -0.635. The lowest BCUT2D eigenvalue weighted by Crippen LogP contribution is -2.28. The van der Waals surface area contributed by atoms with Crippen molar-refractivity contribution in [2.75, 3.05) is 12.4 Å². The third-order valence-electron chi connectivity index (χ3n) is 2.89. The van der Waals surface area contributed by atoms with Crippen LogP contribution in [-0.2, 0) is 16.1 Å². The van der Waals surface area contributed by atoms with E-state index in [9.17, 15) is 4.79 Å². The molecule has 0 aliphatic heterocycles. The Hall–Kier alpha value is -2.18. The number of halogens is 1. The van der Waals surface area contributed by atoms with E-state index >= 15 is 0 Å². The van der Waals surface area contributed by atoms with E-state index in [2.05, 4.69) is 15.5 Å². The minimum Gasteiger partial charge on any atom is -0.497 e. The quantitative estimate of drug-likeness (QED) is 0.885. The van der Waals surface area contributed by atoms with Gasteiger partial charge in [-0.3, -0.25) is 4.79 Å². The Morgan fingerprint density at radius 3 is 2.82 bits per heavy atom. The number of methoxy groups -OCH3 is 1. The van der Waals surface area contributed by atoms with E-state index in [4.69, 9.17) is 21.1 Å². The Kier molecular flexibility index (Phi) is 5.68. The fourth-order valence-electron chi connectivity index (χ4n) is 1.67. The second-order valence-corrected chi connectivity index (χ2v) is 4.92. The van der Waals surface area contributed by atoms with Gasteiger partial charge in [-0.15, -0.1) is 10.2 Å². The van der Waals surface area contributed by atoms with Crippen LogP contribution >= 0.6 is 11.6 Å². The van der Waals surface area contributed by atoms with E-state index in [0.29, 0.717) is 12.4 Å². The predicted molar refractivity (Wildman–Crippen MR) is 82.9 cm³/mol. The maximum Gasteiger partial charge on any atom is 0.254 e. The zero-order chi connectivity index (χ0) is 15.9. The van der Waals surface area contributed by atoms with Crippen molar-refractivity contribution in [3.8, 4) is 5.75 Å². The molecule has 1 heterocycles. The number of nitrogens with one attached hydrogen (secondary N) is 1. The summed E-state index contributed by atoms with van der Waals surface area (Å²) in [5, 5.41) is 10.3. The van der Waals surface area contributed by atoms with Gasteiger partial charge in [0.1, 0.15) is 11.9 Å². The van der Waals surface area contributed by atoms with Gasteiger partial charge >= 0.3 is 0 Å². The van der Waals surface area contributed by atoms with Gasteiger partial charge in [0.15, 0.2) is 11.0 Å². The first-order valence-corrected chi connectivity index (χ1v) is 7.01. The maximum absolute atomic E-state index is 12.0. The second kappa shape index (κ2) is 7.72. The SMILES string of the molecule is COc1cccc(CO[C@H](C)C(=O)Nc2ccc(Cl)nn2)c1. The molecule has 116 valence electrons. The van der Waals surface area contributed by atoms with E-state index in [1.54, 1.807) is 26.2 Å². The van der Waals surface area contributed by atoms with Crippen molar-refractivity contribution in [2.45, 2.75) is 19.6 Å². The van der Waals surface area contributed by atoms with Crippen LogP contribution in [0.25, 0.3) is 0 Å². The van der Waals surface area contributed by atoms with Gasteiger partial charge in [-0.05, 0) is 36.8 Å². The number of benzene rings is 1. The number of carbonyl (C=O) groups is 1. The molecule has 1 amide bonds. The van der Waals surface area contributed by atoms with Crippen molar-refractivity contribution < 1.29 is 14.3 Å². The largest absolute Gasteiger partial charge is 0.497 e. The highest BCUT2D eigenvalue weighted by molar-refractivity contribution is 6.29. The van der Waals surface area contributed by atoms with Crippen molar-refractivity contribution in [3.05, 3.63) is 47.1 Å². The van der Waals surface area contributed by atoms with E-state index in [-0.39, 0.29) is 11.1 Å². The molecule has 0 bridgehead atoms. The first kappa shape index (κ1) is 16.2. The summed E-state index contributed by atoms with van der Waals surface area (Å²) in [5.74, 6) is 0.764. The van der Waals surface area contributed by atoms with E-state index in [1.807, 2.05) is 24.3 Å². The summed E-state index contributed by atoms with van der Waals surface area (Å²) < 4.78 is 10.7. The van der Waals surface area contributed by atoms with Crippen LogP contribution in [0, 0.1) is 0 Å². The third-order valence-corrected chi connectivity index (χ3v) is 3.09. The highest BCUT2D eigenvalue weighted by Gasteiger charge is 2.14. The van der Waals surface area contributed by atoms with Crippen LogP contribution < -0.4 is 10.1 Å². The Morgan fingerprint density at radius 1 is 1.32 bits per heavy atom. The molecular weight excluding hydrogens is 306 g/mol. The molecule has 0 fully saturated rings. The van der Waals surface area contributed by atoms with E-state index in [1.165, 1.54) is 0 Å². The van der Waals surface area contributed by atoms with Crippen LogP contribution in [0.2, 0.25) is 5.15 Å². The van der Waals surface area contributed by atoms with Gasteiger partial charge in [-0.2, -0.15) is 0 Å². The summed E-state index contributed by atoms with van der Waals surface area (Å²) in [4.78, 5) is 12.0. The Bertz CT molecular complexity index is 634. The highest BCUT2D eigenvalue weighted by Crippen LogP contribution is 2.14. The molecule has 0 saturated heterocycles. The summed E-state index contributed by atoms with van der Waals surface area (Å²) in [6, 6.07) is 10.6. The number of rotatable bonds is 6. The normalized spacial score (nSPS) is 11.8. The van der Waals surface area contributed by atoms with Crippen molar-refractivity contribution in [2.24, 2.45) is 0 Å². The van der Waals surface area contributed by atoms with Gasteiger partial charge in [0, 0.05) is 0 Å². The zero-order valence-corrected chi connectivity index (χ0v) is 13.0. The van der Waals surface area contributed by atoms with Crippen LogP contribution in [0.4, 0.5) is 5.82 Å². The number of amides is 1. The molecular formula is C15H16ClN3O3. The van der Waals surface area contributed by atoms with Crippen molar-refractivity contribution in [3.63, 3.8) is 0 Å². The third kappa shape index (κ3) is 4.68. The van der Waals surface area contributed by atoms with E-state index < -0.39 is 6.10 Å². The lowest BCUT2D eigenvalue weighted by Gasteiger charge is -2.13. The average Bonchev–Trinajstić information content (AvgIpc) is 2.54. The number of carbonyl (C=O) groups excluding carboxylic acids is 1. The molecule has 0 spiro atoms. The first-order valence-electron chi connectivity index (χ1n) is 6.63. The van der Waals surface area contributed by atoms with Gasteiger partial charge in [0.2, 0.25) is 0 Å². The topological polar surface area (TPSA) is 73.3 Å². The summed E-state index contributed by atoms with van der Waals surface area (Å²) >= 11 is 5.63. The van der Waals surface area contributed by atoms with Gasteiger partial charge in [0.25, 0.3) is 5.91 Å². The lowest BCUT2D eigenvalue weighted by molar-refractivity contribution is -0.127. The molecule has 0 unspecified atom stereocenters. The summed E-state index contributed by atoms with van der Waals surface area (Å²) in [5.41, 5.74) is 0.922. The Labute approximate surface area is 133 Å². The predicted octanol–water partition coefficient (Wildman–Crippen LogP) is 2.68. The van der Waals surface area contributed by atoms with Gasteiger partial charge in [-0.1, -0.05) is 23.7 Å². The van der Waals surface area contributed by atoms with Gasteiger partial charge in [0.05, 0.1) is 13.7 Å². The number of aromatic nitrogens is 2. The molecule has 0 radical (unpaired) electrons. The molecule has 6 nitrogen and oxygen atoms in total. The lowest BCUT2D eigenvalue weighted by atomic mass is 10.2. The Balaban J connectivity index is 1.86. The standard InChI is InChI=1S/C15H16ClN3O3/c1-10(15(20)17-14-7-6-13(16)18-19-14)22-9-11-4-3-5-12(8-11)21-2/h3-8,10H,9H2,1-2H3,(H,17,19,20)/t10-/m1/s1. The van der Waals surface area contributed by atoms with Crippen molar-refractivity contribution in [1.29, 1.82) is 0 Å². The number of anilines is 1. The second-order valence-electron chi connectivity index (χ2n) is 4.54. The minimum atomic E-state index is -0.635. The number of hydrogen-bond acceptors (Lipinski definition) is 5. The zero-order valence-electron chi connectivity index (χ0n) is 12.2. The molecule has 1 aromatic carbocycles. The fraction of sp³-hybridized carbons (Fsp3) is 0.267. The highest BCUT2D eigenvalue weighted by atomic mass is 35.5. The van der Waals surface area contributed by atoms with Crippen LogP contribution in [0.5, 0.6) is 5.75 Å². The molecule has 0 saturated carbocycles. The molecule has 1 aromatic heterocycles. The average molecular weight is 322 g/mol. The molecule has 1 N–H and O–H groups in total. The van der Waals surface area contributed by atoms with Gasteiger partial charge in [-0.25, -0.2) is 0 Å². The molecule has 22 heavy (non-hydrogen) atoms. The van der Waals surface area contributed by atoms with Crippen LogP contribution in [-0.4, -0.2) is 29.3 Å². The van der Waals surface area contributed by atoms with Crippen molar-refractivity contribution >= 4 is 23.3 Å². The van der Waals surface area contributed by atoms with Crippen LogP contribution in [0.15, 0.2) is 36.4 Å². The number of nitrogens with zero attached hydrogens (tertiary/aromatic N) is 2. The first-order chi connectivity index (χ1) is 10.6. The number of hydrogen-bond donors (Lipinski definition) is 1. The maximum atomic E-state index is 12.0. The van der Waals surface area contributed by atoms with Crippen molar-refractivity contribution in [1.82, 2.24) is 10.2 Å². The fourth-order valence-corrected chi connectivity index (χ4v) is 1.77. The molecule has 2 aromatic rings. The van der Waals surface area contributed by atoms with Crippen LogP contribution in [0.1, 0.15) is 12.5 Å². The van der Waals surface area contributed by atoms with E-state index in [0.717, 1.165) is 11.3 Å². The molecule has 0 aliphatic rings. The minimum absolute atomic E-state index is 0.264. The molecule has 2 rings (SSSR count). The number of ether oxygens (including phenoxy) is 2. The molecule has 1 atom stereocenters. The Morgan fingerprint density at radius 2 is 2.14 bits per heavy atom. The van der Waals surface area contributed by atoms with Crippen LogP contribution in [0.3, 0.4) is 0 Å². The smallest absolute Gasteiger partial charge is 0.254 e. The van der Waals surface area contributed by atoms with Gasteiger partial charge < -0.3 is 14.8 Å². The summed E-state index contributed by atoms with van der Waals surface area (Å²) in [6.45, 7) is 1.97. The summed E-state index contributed by atoms with van der Waals surface area (Å²) in [7, 11) is 1.60. The molecule has 7 heteroatoms.